The van der Waals surface area contributed by atoms with E-state index in [1.54, 1.807) is 18.6 Å². The molecule has 2 rings (SSSR count). The second kappa shape index (κ2) is 4.18. The van der Waals surface area contributed by atoms with Gasteiger partial charge in [-0.2, -0.15) is 0 Å². The molecule has 2 heterocycles. The van der Waals surface area contributed by atoms with Crippen LogP contribution in [-0.4, -0.2) is 29.7 Å². The molecule has 0 aliphatic carbocycles. The maximum atomic E-state index is 5.48. The number of hydrogen-bond donors (Lipinski definition) is 1. The van der Waals surface area contributed by atoms with Crippen molar-refractivity contribution in [3.63, 3.8) is 0 Å². The van der Waals surface area contributed by atoms with Crippen LogP contribution in [0.1, 0.15) is 6.42 Å². The van der Waals surface area contributed by atoms with E-state index in [0.29, 0.717) is 11.8 Å². The van der Waals surface area contributed by atoms with E-state index < -0.39 is 0 Å². The van der Waals surface area contributed by atoms with Crippen LogP contribution in [0.5, 0.6) is 5.88 Å². The highest BCUT2D eigenvalue weighted by atomic mass is 16.5. The lowest BCUT2D eigenvalue weighted by atomic mass is 10.1. The number of nitrogens with one attached hydrogen (secondary N) is 1. The fourth-order valence-corrected chi connectivity index (χ4v) is 1.42. The molecule has 0 saturated carbocycles. The zero-order chi connectivity index (χ0) is 8.93. The normalized spacial score (nSPS) is 21.7. The van der Waals surface area contributed by atoms with Gasteiger partial charge in [0.1, 0.15) is 0 Å². The summed E-state index contributed by atoms with van der Waals surface area (Å²) in [6.07, 6.45) is 6.12. The predicted molar refractivity (Wildman–Crippen MR) is 48.5 cm³/mol. The molecule has 4 nitrogen and oxygen atoms in total. The average molecular weight is 179 g/mol. The molecule has 0 bridgehead atoms. The lowest BCUT2D eigenvalue weighted by molar-refractivity contribution is 0.250. The topological polar surface area (TPSA) is 47.0 Å². The number of rotatable bonds is 3. The fraction of sp³-hybridized carbons (Fsp3) is 0.556. The van der Waals surface area contributed by atoms with Crippen molar-refractivity contribution in [1.82, 2.24) is 15.3 Å². The lowest BCUT2D eigenvalue weighted by Crippen LogP contribution is -2.15. The summed E-state index contributed by atoms with van der Waals surface area (Å²) in [5.74, 6) is 1.25. The fourth-order valence-electron chi connectivity index (χ4n) is 1.42. The average Bonchev–Trinajstić information content (AvgIpc) is 2.69. The van der Waals surface area contributed by atoms with Crippen LogP contribution < -0.4 is 10.1 Å². The van der Waals surface area contributed by atoms with Crippen LogP contribution in [0.3, 0.4) is 0 Å². The molecule has 0 amide bonds. The second-order valence-electron chi connectivity index (χ2n) is 3.21. The molecule has 1 aliphatic heterocycles. The van der Waals surface area contributed by atoms with Crippen molar-refractivity contribution in [2.24, 2.45) is 5.92 Å². The summed E-state index contributed by atoms with van der Waals surface area (Å²) >= 11 is 0. The van der Waals surface area contributed by atoms with Crippen molar-refractivity contribution in [3.8, 4) is 5.88 Å². The van der Waals surface area contributed by atoms with Gasteiger partial charge in [0.15, 0.2) is 0 Å². The summed E-state index contributed by atoms with van der Waals surface area (Å²) in [4.78, 5) is 7.96. The van der Waals surface area contributed by atoms with Crippen molar-refractivity contribution in [2.75, 3.05) is 19.7 Å². The maximum Gasteiger partial charge on any atom is 0.232 e. The second-order valence-corrected chi connectivity index (χ2v) is 3.21. The predicted octanol–water partition coefficient (Wildman–Crippen LogP) is 0.465. The molecular formula is C9H13N3O. The summed E-state index contributed by atoms with van der Waals surface area (Å²) in [5, 5.41) is 3.29. The van der Waals surface area contributed by atoms with Gasteiger partial charge < -0.3 is 10.1 Å². The van der Waals surface area contributed by atoms with Crippen LogP contribution in [0.4, 0.5) is 0 Å². The summed E-state index contributed by atoms with van der Waals surface area (Å²) in [6.45, 7) is 2.90. The molecule has 4 heteroatoms. The Morgan fingerprint density at radius 3 is 3.23 bits per heavy atom. The first-order valence-electron chi connectivity index (χ1n) is 4.54. The minimum absolute atomic E-state index is 0.620. The van der Waals surface area contributed by atoms with E-state index in [4.69, 9.17) is 4.74 Å². The Kier molecular flexibility index (Phi) is 2.72. The lowest BCUT2D eigenvalue weighted by Gasteiger charge is -2.08. The molecule has 1 fully saturated rings. The van der Waals surface area contributed by atoms with Crippen LogP contribution in [0.2, 0.25) is 0 Å². The maximum absolute atomic E-state index is 5.48. The van der Waals surface area contributed by atoms with Gasteiger partial charge in [-0.1, -0.05) is 0 Å². The third kappa shape index (κ3) is 2.39. The minimum Gasteiger partial charge on any atom is -0.476 e. The van der Waals surface area contributed by atoms with Gasteiger partial charge in [0, 0.05) is 24.9 Å². The molecule has 0 radical (unpaired) electrons. The Hall–Kier alpha value is -1.16. The standard InChI is InChI=1S/C9H13N3O/c1-2-10-5-8(1)7-13-9-6-11-3-4-12-9/h3-4,6,8,10H,1-2,5,7H2. The molecule has 0 spiro atoms. The quantitative estimate of drug-likeness (QED) is 0.732. The van der Waals surface area contributed by atoms with E-state index in [0.717, 1.165) is 19.7 Å². The van der Waals surface area contributed by atoms with Crippen molar-refractivity contribution >= 4 is 0 Å². The zero-order valence-electron chi connectivity index (χ0n) is 7.44. The third-order valence-electron chi connectivity index (χ3n) is 2.17. The first kappa shape index (κ1) is 8.44. The molecule has 1 aromatic rings. The van der Waals surface area contributed by atoms with Crippen LogP contribution in [0.25, 0.3) is 0 Å². The van der Waals surface area contributed by atoms with Gasteiger partial charge in [0.25, 0.3) is 0 Å². The molecular weight excluding hydrogens is 166 g/mol. The first-order chi connectivity index (χ1) is 6.45. The molecule has 13 heavy (non-hydrogen) atoms. The minimum atomic E-state index is 0.620. The molecule has 1 atom stereocenters. The van der Waals surface area contributed by atoms with Crippen LogP contribution in [0.15, 0.2) is 18.6 Å². The number of hydrogen-bond acceptors (Lipinski definition) is 4. The Balaban J connectivity index is 1.79. The van der Waals surface area contributed by atoms with Gasteiger partial charge in [-0.05, 0) is 13.0 Å². The van der Waals surface area contributed by atoms with Crippen LogP contribution >= 0.6 is 0 Å². The summed E-state index contributed by atoms with van der Waals surface area (Å²) in [5.41, 5.74) is 0. The van der Waals surface area contributed by atoms with E-state index in [1.165, 1.54) is 6.42 Å². The van der Waals surface area contributed by atoms with E-state index >= 15 is 0 Å². The largest absolute Gasteiger partial charge is 0.476 e. The SMILES string of the molecule is c1cnc(OCC2CCNC2)cn1. The van der Waals surface area contributed by atoms with Crippen molar-refractivity contribution < 1.29 is 4.74 Å². The number of aromatic nitrogens is 2. The molecule has 1 saturated heterocycles. The molecule has 1 N–H and O–H groups in total. The van der Waals surface area contributed by atoms with Crippen molar-refractivity contribution in [1.29, 1.82) is 0 Å². The van der Waals surface area contributed by atoms with E-state index in [9.17, 15) is 0 Å². The number of ether oxygens (including phenoxy) is 1. The third-order valence-corrected chi connectivity index (χ3v) is 2.17. The van der Waals surface area contributed by atoms with E-state index in [-0.39, 0.29) is 0 Å². The summed E-state index contributed by atoms with van der Waals surface area (Å²) in [6, 6.07) is 0. The highest BCUT2D eigenvalue weighted by Gasteiger charge is 2.14. The van der Waals surface area contributed by atoms with Crippen LogP contribution in [0, 0.1) is 5.92 Å². The zero-order valence-corrected chi connectivity index (χ0v) is 7.44. The number of nitrogens with zero attached hydrogens (tertiary/aromatic N) is 2. The Morgan fingerprint density at radius 2 is 2.54 bits per heavy atom. The van der Waals surface area contributed by atoms with Crippen LogP contribution in [-0.2, 0) is 0 Å². The van der Waals surface area contributed by atoms with Gasteiger partial charge >= 0.3 is 0 Å². The van der Waals surface area contributed by atoms with E-state index in [1.807, 2.05) is 0 Å². The highest BCUT2D eigenvalue weighted by Crippen LogP contribution is 2.09. The summed E-state index contributed by atoms with van der Waals surface area (Å²) < 4.78 is 5.48. The molecule has 70 valence electrons. The van der Waals surface area contributed by atoms with Gasteiger partial charge in [0.2, 0.25) is 5.88 Å². The monoisotopic (exact) mass is 179 g/mol. The Bertz CT molecular complexity index is 246. The van der Waals surface area contributed by atoms with Crippen molar-refractivity contribution in [2.45, 2.75) is 6.42 Å². The summed E-state index contributed by atoms with van der Waals surface area (Å²) in [7, 11) is 0. The Morgan fingerprint density at radius 1 is 1.54 bits per heavy atom. The molecule has 1 aromatic heterocycles. The van der Waals surface area contributed by atoms with Gasteiger partial charge in [0.05, 0.1) is 12.8 Å². The van der Waals surface area contributed by atoms with Gasteiger partial charge in [-0.25, -0.2) is 4.98 Å². The Labute approximate surface area is 77.4 Å². The smallest absolute Gasteiger partial charge is 0.232 e. The van der Waals surface area contributed by atoms with Crippen molar-refractivity contribution in [3.05, 3.63) is 18.6 Å². The van der Waals surface area contributed by atoms with Gasteiger partial charge in [-0.3, -0.25) is 4.98 Å². The highest BCUT2D eigenvalue weighted by molar-refractivity contribution is 5.01. The molecule has 0 aromatic carbocycles. The molecule has 1 unspecified atom stereocenters. The first-order valence-corrected chi connectivity index (χ1v) is 4.54. The van der Waals surface area contributed by atoms with Gasteiger partial charge in [-0.15, -0.1) is 0 Å². The van der Waals surface area contributed by atoms with E-state index in [2.05, 4.69) is 15.3 Å². The molecule has 1 aliphatic rings.